The summed E-state index contributed by atoms with van der Waals surface area (Å²) in [4.78, 5) is 27.3. The van der Waals surface area contributed by atoms with E-state index in [0.29, 0.717) is 24.7 Å². The molecular formula is C21H25ClN2O2. The van der Waals surface area contributed by atoms with E-state index in [0.717, 1.165) is 11.1 Å². The highest BCUT2D eigenvalue weighted by Crippen LogP contribution is 2.22. The molecular weight excluding hydrogens is 348 g/mol. The Morgan fingerprint density at radius 3 is 2.27 bits per heavy atom. The van der Waals surface area contributed by atoms with E-state index in [9.17, 15) is 9.59 Å². The summed E-state index contributed by atoms with van der Waals surface area (Å²) in [6, 6.07) is 17.1. The van der Waals surface area contributed by atoms with Gasteiger partial charge in [-0.15, -0.1) is 0 Å². The summed E-state index contributed by atoms with van der Waals surface area (Å²) in [5, 5.41) is 3.43. The summed E-state index contributed by atoms with van der Waals surface area (Å²) in [6.45, 7) is 6.54. The van der Waals surface area contributed by atoms with Crippen LogP contribution in [0, 0.1) is 5.41 Å². The zero-order valence-corrected chi connectivity index (χ0v) is 16.2. The second-order valence-electron chi connectivity index (χ2n) is 6.70. The first-order valence-corrected chi connectivity index (χ1v) is 9.09. The zero-order chi connectivity index (χ0) is 19.2. The molecule has 0 unspecified atom stereocenters. The quantitative estimate of drug-likeness (QED) is 0.746. The molecule has 0 radical (unpaired) electrons. The average molecular weight is 373 g/mol. The number of hydrogen-bond acceptors (Lipinski definition) is 2. The molecule has 0 aromatic heterocycles. The Labute approximate surface area is 160 Å². The predicted molar refractivity (Wildman–Crippen MR) is 105 cm³/mol. The van der Waals surface area contributed by atoms with Crippen molar-refractivity contribution in [1.82, 2.24) is 10.2 Å². The molecule has 4 nitrogen and oxygen atoms in total. The minimum atomic E-state index is -1.16. The first-order chi connectivity index (χ1) is 12.4. The van der Waals surface area contributed by atoms with Gasteiger partial charge < -0.3 is 10.2 Å². The van der Waals surface area contributed by atoms with E-state index in [1.165, 1.54) is 0 Å². The molecule has 0 bridgehead atoms. The van der Waals surface area contributed by atoms with Crippen LogP contribution in [0.4, 0.5) is 0 Å². The third-order valence-electron chi connectivity index (χ3n) is 4.38. The molecule has 0 saturated carbocycles. The van der Waals surface area contributed by atoms with Gasteiger partial charge in [-0.1, -0.05) is 60.1 Å². The highest BCUT2D eigenvalue weighted by molar-refractivity contribution is 6.31. The fraction of sp³-hybridized carbons (Fsp3) is 0.333. The Morgan fingerprint density at radius 1 is 1.04 bits per heavy atom. The van der Waals surface area contributed by atoms with Crippen molar-refractivity contribution in [2.24, 2.45) is 5.41 Å². The third-order valence-corrected chi connectivity index (χ3v) is 4.75. The van der Waals surface area contributed by atoms with E-state index in [4.69, 9.17) is 11.6 Å². The molecule has 2 rings (SSSR count). The van der Waals surface area contributed by atoms with Crippen LogP contribution in [-0.4, -0.2) is 23.3 Å². The lowest BCUT2D eigenvalue weighted by Gasteiger charge is -2.30. The van der Waals surface area contributed by atoms with Gasteiger partial charge in [0.15, 0.2) is 0 Å². The monoisotopic (exact) mass is 372 g/mol. The predicted octanol–water partition coefficient (Wildman–Crippen LogP) is 4.03. The van der Waals surface area contributed by atoms with Gasteiger partial charge >= 0.3 is 0 Å². The van der Waals surface area contributed by atoms with Gasteiger partial charge in [0.2, 0.25) is 11.8 Å². The van der Waals surface area contributed by atoms with E-state index in [1.54, 1.807) is 24.8 Å². The van der Waals surface area contributed by atoms with Gasteiger partial charge in [-0.2, -0.15) is 0 Å². The van der Waals surface area contributed by atoms with Gasteiger partial charge in [0.05, 0.1) is 0 Å². The summed E-state index contributed by atoms with van der Waals surface area (Å²) in [5.74, 6) is -0.505. The molecule has 2 aromatic rings. The molecule has 0 fully saturated rings. The van der Waals surface area contributed by atoms with E-state index >= 15 is 0 Å². The summed E-state index contributed by atoms with van der Waals surface area (Å²) in [5.41, 5.74) is 0.698. The topological polar surface area (TPSA) is 49.4 Å². The Morgan fingerprint density at radius 2 is 1.65 bits per heavy atom. The smallest absolute Gasteiger partial charge is 0.237 e. The van der Waals surface area contributed by atoms with Gasteiger partial charge in [0, 0.05) is 24.7 Å². The van der Waals surface area contributed by atoms with Crippen LogP contribution < -0.4 is 5.32 Å². The van der Waals surface area contributed by atoms with Gasteiger partial charge in [-0.05, 0) is 38.0 Å². The number of nitrogens with zero attached hydrogens (tertiary/aromatic N) is 1. The molecule has 26 heavy (non-hydrogen) atoms. The zero-order valence-electron chi connectivity index (χ0n) is 15.5. The summed E-state index contributed by atoms with van der Waals surface area (Å²) in [6.07, 6.45) is 0. The normalized spacial score (nSPS) is 11.1. The van der Waals surface area contributed by atoms with Crippen molar-refractivity contribution in [3.8, 4) is 0 Å². The van der Waals surface area contributed by atoms with Crippen LogP contribution in [0.2, 0.25) is 5.02 Å². The standard InChI is InChI=1S/C21H25ClN2O2/c1-4-24(15-16-10-6-5-7-11-16)20(26)21(2,3)19(25)23-14-17-12-8-9-13-18(17)22/h5-13H,4,14-15H2,1-3H3,(H,23,25). The number of carbonyl (C=O) groups is 2. The van der Waals surface area contributed by atoms with Crippen molar-refractivity contribution in [3.63, 3.8) is 0 Å². The average Bonchev–Trinajstić information content (AvgIpc) is 2.65. The lowest BCUT2D eigenvalue weighted by atomic mass is 9.90. The fourth-order valence-electron chi connectivity index (χ4n) is 2.66. The van der Waals surface area contributed by atoms with Crippen molar-refractivity contribution in [2.75, 3.05) is 6.54 Å². The largest absolute Gasteiger partial charge is 0.351 e. The number of nitrogens with one attached hydrogen (secondary N) is 1. The van der Waals surface area contributed by atoms with Gasteiger partial charge in [-0.25, -0.2) is 0 Å². The van der Waals surface area contributed by atoms with Crippen LogP contribution in [0.3, 0.4) is 0 Å². The van der Waals surface area contributed by atoms with Gasteiger partial charge in [-0.3, -0.25) is 9.59 Å². The maximum atomic E-state index is 13.0. The Balaban J connectivity index is 2.04. The second kappa shape index (κ2) is 8.86. The van der Waals surface area contributed by atoms with Crippen molar-refractivity contribution >= 4 is 23.4 Å². The molecule has 0 aliphatic heterocycles. The maximum Gasteiger partial charge on any atom is 0.237 e. The molecule has 0 aliphatic rings. The van der Waals surface area contributed by atoms with Crippen molar-refractivity contribution in [2.45, 2.75) is 33.9 Å². The van der Waals surface area contributed by atoms with E-state index in [2.05, 4.69) is 5.32 Å². The highest BCUT2D eigenvalue weighted by atomic mass is 35.5. The Hall–Kier alpha value is -2.33. The first-order valence-electron chi connectivity index (χ1n) is 8.71. The lowest BCUT2D eigenvalue weighted by Crippen LogP contribution is -2.49. The van der Waals surface area contributed by atoms with Crippen LogP contribution in [0.1, 0.15) is 31.9 Å². The molecule has 0 aliphatic carbocycles. The van der Waals surface area contributed by atoms with Crippen molar-refractivity contribution in [1.29, 1.82) is 0 Å². The van der Waals surface area contributed by atoms with Crippen LogP contribution in [0.25, 0.3) is 0 Å². The third kappa shape index (κ3) is 4.85. The molecule has 1 N–H and O–H groups in total. The second-order valence-corrected chi connectivity index (χ2v) is 7.11. The summed E-state index contributed by atoms with van der Waals surface area (Å²) < 4.78 is 0. The van der Waals surface area contributed by atoms with E-state index < -0.39 is 5.41 Å². The van der Waals surface area contributed by atoms with Crippen molar-refractivity contribution < 1.29 is 9.59 Å². The van der Waals surface area contributed by atoms with E-state index in [1.807, 2.05) is 55.5 Å². The molecule has 5 heteroatoms. The molecule has 0 saturated heterocycles. The fourth-order valence-corrected chi connectivity index (χ4v) is 2.86. The van der Waals surface area contributed by atoms with Crippen LogP contribution in [0.5, 0.6) is 0 Å². The lowest BCUT2D eigenvalue weighted by molar-refractivity contribution is -0.149. The number of hydrogen-bond donors (Lipinski definition) is 1. The molecule has 0 heterocycles. The Kier molecular flexibility index (Phi) is 6.81. The minimum Gasteiger partial charge on any atom is -0.351 e. The summed E-state index contributed by atoms with van der Waals surface area (Å²) in [7, 11) is 0. The molecule has 0 spiro atoms. The highest BCUT2D eigenvalue weighted by Gasteiger charge is 2.38. The first kappa shape index (κ1) is 20.0. The van der Waals surface area contributed by atoms with Crippen LogP contribution >= 0.6 is 11.6 Å². The molecule has 0 atom stereocenters. The number of amides is 2. The van der Waals surface area contributed by atoms with Crippen LogP contribution in [-0.2, 0) is 22.7 Å². The minimum absolute atomic E-state index is 0.194. The Bertz CT molecular complexity index is 760. The number of benzene rings is 2. The van der Waals surface area contributed by atoms with Gasteiger partial charge in [0.1, 0.15) is 5.41 Å². The SMILES string of the molecule is CCN(Cc1ccccc1)C(=O)C(C)(C)C(=O)NCc1ccccc1Cl. The number of carbonyl (C=O) groups excluding carboxylic acids is 2. The number of halogens is 1. The molecule has 2 aromatic carbocycles. The van der Waals surface area contributed by atoms with Crippen LogP contribution in [0.15, 0.2) is 54.6 Å². The molecule has 138 valence electrons. The van der Waals surface area contributed by atoms with Gasteiger partial charge in [0.25, 0.3) is 0 Å². The van der Waals surface area contributed by atoms with E-state index in [-0.39, 0.29) is 11.8 Å². The summed E-state index contributed by atoms with van der Waals surface area (Å²) >= 11 is 6.12. The number of rotatable bonds is 7. The maximum absolute atomic E-state index is 13.0. The molecule has 2 amide bonds. The van der Waals surface area contributed by atoms with Crippen molar-refractivity contribution in [3.05, 3.63) is 70.7 Å².